The minimum atomic E-state index is -0.336. The highest BCUT2D eigenvalue weighted by molar-refractivity contribution is 6.30. The summed E-state index contributed by atoms with van der Waals surface area (Å²) in [5, 5.41) is 3.25. The molecule has 7 heteroatoms. The second-order valence-electron chi connectivity index (χ2n) is 5.45. The van der Waals surface area contributed by atoms with Crippen LogP contribution in [0.25, 0.3) is 0 Å². The van der Waals surface area contributed by atoms with Gasteiger partial charge < -0.3 is 5.32 Å². The summed E-state index contributed by atoms with van der Waals surface area (Å²) in [4.78, 5) is 34.6. The number of hydrazine groups is 1. The van der Waals surface area contributed by atoms with Crippen LogP contribution in [0.4, 0.5) is 5.69 Å². The van der Waals surface area contributed by atoms with Gasteiger partial charge in [0.05, 0.1) is 12.8 Å². The first kappa shape index (κ1) is 18.5. The third-order valence-electron chi connectivity index (χ3n) is 3.26. The largest absolute Gasteiger partial charge is 0.326 e. The van der Waals surface area contributed by atoms with E-state index < -0.39 is 0 Å². The number of anilines is 1. The highest BCUT2D eigenvalue weighted by atomic mass is 35.5. The van der Waals surface area contributed by atoms with E-state index in [0.29, 0.717) is 10.7 Å². The maximum absolute atomic E-state index is 11.9. The molecule has 0 radical (unpaired) electrons. The molecule has 0 aromatic heterocycles. The van der Waals surface area contributed by atoms with Crippen LogP contribution in [0.2, 0.25) is 5.02 Å². The van der Waals surface area contributed by atoms with Crippen LogP contribution in [-0.2, 0) is 27.2 Å². The molecule has 0 heterocycles. The zero-order valence-corrected chi connectivity index (χ0v) is 14.4. The third kappa shape index (κ3) is 6.64. The van der Waals surface area contributed by atoms with Gasteiger partial charge in [0.25, 0.3) is 0 Å². The van der Waals surface area contributed by atoms with Gasteiger partial charge in [-0.15, -0.1) is 0 Å². The number of rotatable bonds is 5. The molecule has 0 aliphatic heterocycles. The SMILES string of the molecule is CC(=O)Nc1ccc(CC(=O)NNC(=O)Cc2ccc(Cl)cc2)cc1. The van der Waals surface area contributed by atoms with Gasteiger partial charge in [-0.25, -0.2) is 0 Å². The summed E-state index contributed by atoms with van der Waals surface area (Å²) >= 11 is 5.78. The van der Waals surface area contributed by atoms with Gasteiger partial charge in [-0.3, -0.25) is 25.2 Å². The van der Waals surface area contributed by atoms with Crippen LogP contribution in [0.5, 0.6) is 0 Å². The Bertz CT molecular complexity index is 758. The fourth-order valence-electron chi connectivity index (χ4n) is 2.11. The summed E-state index contributed by atoms with van der Waals surface area (Å²) in [6, 6.07) is 13.8. The second-order valence-corrected chi connectivity index (χ2v) is 5.89. The van der Waals surface area contributed by atoms with Crippen molar-refractivity contribution in [3.8, 4) is 0 Å². The number of carbonyl (C=O) groups excluding carboxylic acids is 3. The van der Waals surface area contributed by atoms with Crippen LogP contribution in [0.15, 0.2) is 48.5 Å². The van der Waals surface area contributed by atoms with E-state index in [1.54, 1.807) is 48.5 Å². The second kappa shape index (κ2) is 8.84. The van der Waals surface area contributed by atoms with Crippen molar-refractivity contribution in [2.75, 3.05) is 5.32 Å². The maximum atomic E-state index is 11.9. The summed E-state index contributed by atoms with van der Waals surface area (Å²) in [7, 11) is 0. The highest BCUT2D eigenvalue weighted by Gasteiger charge is 2.07. The number of hydrogen-bond acceptors (Lipinski definition) is 3. The van der Waals surface area contributed by atoms with E-state index in [4.69, 9.17) is 11.6 Å². The van der Waals surface area contributed by atoms with Gasteiger partial charge in [0.15, 0.2) is 0 Å². The van der Waals surface area contributed by atoms with Gasteiger partial charge in [0.1, 0.15) is 0 Å². The van der Waals surface area contributed by atoms with Crippen molar-refractivity contribution in [2.24, 2.45) is 0 Å². The molecule has 0 aliphatic rings. The molecule has 130 valence electrons. The van der Waals surface area contributed by atoms with Gasteiger partial charge >= 0.3 is 0 Å². The van der Waals surface area contributed by atoms with Crippen LogP contribution >= 0.6 is 11.6 Å². The van der Waals surface area contributed by atoms with E-state index in [1.165, 1.54) is 6.92 Å². The molecule has 2 aromatic rings. The van der Waals surface area contributed by atoms with E-state index >= 15 is 0 Å². The van der Waals surface area contributed by atoms with Crippen molar-refractivity contribution in [3.63, 3.8) is 0 Å². The molecule has 2 rings (SSSR count). The zero-order chi connectivity index (χ0) is 18.2. The van der Waals surface area contributed by atoms with Crippen molar-refractivity contribution >= 4 is 35.0 Å². The Labute approximate surface area is 150 Å². The lowest BCUT2D eigenvalue weighted by atomic mass is 10.1. The first-order valence-electron chi connectivity index (χ1n) is 7.61. The molecule has 6 nitrogen and oxygen atoms in total. The van der Waals surface area contributed by atoms with Gasteiger partial charge in [-0.1, -0.05) is 35.9 Å². The van der Waals surface area contributed by atoms with Crippen molar-refractivity contribution in [2.45, 2.75) is 19.8 Å². The number of amides is 3. The first-order valence-corrected chi connectivity index (χ1v) is 7.99. The lowest BCUT2D eigenvalue weighted by Crippen LogP contribution is -2.43. The monoisotopic (exact) mass is 359 g/mol. The number of hydrogen-bond donors (Lipinski definition) is 3. The average molecular weight is 360 g/mol. The van der Waals surface area contributed by atoms with Crippen molar-refractivity contribution in [1.29, 1.82) is 0 Å². The van der Waals surface area contributed by atoms with Crippen LogP contribution in [0, 0.1) is 0 Å². The molecule has 0 saturated carbocycles. The van der Waals surface area contributed by atoms with Crippen LogP contribution in [-0.4, -0.2) is 17.7 Å². The Kier molecular flexibility index (Phi) is 6.54. The van der Waals surface area contributed by atoms with Crippen molar-refractivity contribution < 1.29 is 14.4 Å². The molecule has 0 spiro atoms. The highest BCUT2D eigenvalue weighted by Crippen LogP contribution is 2.10. The topological polar surface area (TPSA) is 87.3 Å². The molecule has 3 N–H and O–H groups in total. The Morgan fingerprint density at radius 3 is 1.68 bits per heavy atom. The molecule has 3 amide bonds. The quantitative estimate of drug-likeness (QED) is 0.715. The summed E-state index contributed by atoms with van der Waals surface area (Å²) in [6.45, 7) is 1.42. The Hall–Kier alpha value is -2.86. The van der Waals surface area contributed by atoms with E-state index in [9.17, 15) is 14.4 Å². The van der Waals surface area contributed by atoms with E-state index in [2.05, 4.69) is 16.2 Å². The third-order valence-corrected chi connectivity index (χ3v) is 3.51. The van der Waals surface area contributed by atoms with E-state index in [1.807, 2.05) is 0 Å². The molecule has 25 heavy (non-hydrogen) atoms. The molecular formula is C18H18ClN3O3. The van der Waals surface area contributed by atoms with Gasteiger partial charge in [-0.2, -0.15) is 0 Å². The van der Waals surface area contributed by atoms with Gasteiger partial charge in [-0.05, 0) is 35.4 Å². The number of carbonyl (C=O) groups is 3. The van der Waals surface area contributed by atoms with Crippen molar-refractivity contribution in [3.05, 3.63) is 64.7 Å². The Morgan fingerprint density at radius 1 is 0.800 bits per heavy atom. The lowest BCUT2D eigenvalue weighted by molar-refractivity contribution is -0.128. The molecule has 0 atom stereocenters. The predicted molar refractivity (Wildman–Crippen MR) is 95.9 cm³/mol. The molecular weight excluding hydrogens is 342 g/mol. The number of benzene rings is 2. The smallest absolute Gasteiger partial charge is 0.242 e. The number of halogens is 1. The summed E-state index contributed by atoms with van der Waals surface area (Å²) in [5.41, 5.74) is 6.97. The minimum Gasteiger partial charge on any atom is -0.326 e. The number of nitrogens with one attached hydrogen (secondary N) is 3. The predicted octanol–water partition coefficient (Wildman–Crippen LogP) is 2.23. The molecule has 0 bridgehead atoms. The summed E-state index contributed by atoms with van der Waals surface area (Å²) in [5.74, 6) is -0.817. The first-order chi connectivity index (χ1) is 11.9. The van der Waals surface area contributed by atoms with Crippen LogP contribution in [0.3, 0.4) is 0 Å². The van der Waals surface area contributed by atoms with E-state index in [-0.39, 0.29) is 30.6 Å². The maximum Gasteiger partial charge on any atom is 0.242 e. The normalized spacial score (nSPS) is 10.0. The van der Waals surface area contributed by atoms with Gasteiger partial charge in [0.2, 0.25) is 17.7 Å². The van der Waals surface area contributed by atoms with E-state index in [0.717, 1.165) is 11.1 Å². The summed E-state index contributed by atoms with van der Waals surface area (Å²) < 4.78 is 0. The van der Waals surface area contributed by atoms with Crippen LogP contribution < -0.4 is 16.2 Å². The molecule has 0 fully saturated rings. The molecule has 0 unspecified atom stereocenters. The Morgan fingerprint density at radius 2 is 1.24 bits per heavy atom. The van der Waals surface area contributed by atoms with Crippen molar-refractivity contribution in [1.82, 2.24) is 10.9 Å². The zero-order valence-electron chi connectivity index (χ0n) is 13.6. The standard InChI is InChI=1S/C18H18ClN3O3/c1-12(23)20-16-8-4-14(5-9-16)11-18(25)22-21-17(24)10-13-2-6-15(19)7-3-13/h2-9H,10-11H2,1H3,(H,20,23)(H,21,24)(H,22,25). The molecule has 0 saturated heterocycles. The summed E-state index contributed by atoms with van der Waals surface area (Å²) in [6.07, 6.45) is 0.254. The Balaban J connectivity index is 1.77. The van der Waals surface area contributed by atoms with Gasteiger partial charge in [0, 0.05) is 17.6 Å². The minimum absolute atomic E-state index is 0.113. The fraction of sp³-hybridized carbons (Fsp3) is 0.167. The lowest BCUT2D eigenvalue weighted by Gasteiger charge is -2.08. The average Bonchev–Trinajstić information content (AvgIpc) is 2.56. The molecule has 0 aliphatic carbocycles. The fourth-order valence-corrected chi connectivity index (χ4v) is 2.24. The van der Waals surface area contributed by atoms with Crippen LogP contribution in [0.1, 0.15) is 18.1 Å². The molecule has 2 aromatic carbocycles.